The van der Waals surface area contributed by atoms with Crippen molar-refractivity contribution >= 4 is 40.1 Å². The summed E-state index contributed by atoms with van der Waals surface area (Å²) in [6.45, 7) is 6.59. The second-order valence-electron chi connectivity index (χ2n) is 9.41. The van der Waals surface area contributed by atoms with Crippen LogP contribution in [-0.4, -0.2) is 76.3 Å². The lowest BCUT2D eigenvalue weighted by Gasteiger charge is -2.34. The molecular formula is C26H32N7O5-. The van der Waals surface area contributed by atoms with E-state index in [9.17, 15) is 14.8 Å². The van der Waals surface area contributed by atoms with Crippen LogP contribution in [0.3, 0.4) is 0 Å². The van der Waals surface area contributed by atoms with E-state index in [1.54, 1.807) is 17.0 Å². The summed E-state index contributed by atoms with van der Waals surface area (Å²) in [4.78, 5) is 38.4. The van der Waals surface area contributed by atoms with Gasteiger partial charge in [0, 0.05) is 37.3 Å². The smallest absolute Gasteiger partial charge is 0.328 e. The Bertz CT molecular complexity index is 1280. The maximum Gasteiger partial charge on any atom is 0.328 e. The lowest BCUT2D eigenvalue weighted by molar-refractivity contribution is -0.142. The van der Waals surface area contributed by atoms with E-state index in [2.05, 4.69) is 15.5 Å². The molecule has 0 saturated carbocycles. The molecule has 1 aliphatic heterocycles. The largest absolute Gasteiger partial charge is 0.733 e. The lowest BCUT2D eigenvalue weighted by atomic mass is 10.0. The zero-order valence-electron chi connectivity index (χ0n) is 21.6. The van der Waals surface area contributed by atoms with Crippen molar-refractivity contribution in [3.63, 3.8) is 0 Å². The van der Waals surface area contributed by atoms with E-state index in [0.717, 1.165) is 10.9 Å². The minimum atomic E-state index is -0.553. The molecule has 12 nitrogen and oxygen atoms in total. The van der Waals surface area contributed by atoms with Crippen molar-refractivity contribution in [2.24, 2.45) is 5.92 Å². The number of carbonyl (C=O) groups is 2. The van der Waals surface area contributed by atoms with Crippen molar-refractivity contribution in [2.75, 3.05) is 49.1 Å². The van der Waals surface area contributed by atoms with Crippen LogP contribution in [0.2, 0.25) is 0 Å². The Morgan fingerprint density at radius 1 is 1.11 bits per heavy atom. The number of hydrogen-bond donors (Lipinski definition) is 3. The van der Waals surface area contributed by atoms with Crippen LogP contribution in [0.4, 0.5) is 22.0 Å². The van der Waals surface area contributed by atoms with Gasteiger partial charge in [0.1, 0.15) is 17.7 Å². The molecule has 2 aromatic carbocycles. The van der Waals surface area contributed by atoms with Crippen LogP contribution < -0.4 is 15.9 Å². The standard InChI is InChI=1S/C26H32N7O5/c1-17(2)23(25(34)38-3)30-24-20-9-4-5-10-21(20)28-22(29-24)16-31-11-13-32(14-12-31)26(35)27-18-7-6-8-19(15-18)33(36)37/h4-10,15,17,23,36H,11-14,16H2,1-3H3,(H,27,35)(H,28,29,30)/q-1/t23-/m0/s1. The fourth-order valence-electron chi connectivity index (χ4n) is 4.29. The molecule has 0 unspecified atom stereocenters. The van der Waals surface area contributed by atoms with Gasteiger partial charge in [0.25, 0.3) is 0 Å². The zero-order valence-corrected chi connectivity index (χ0v) is 21.6. The van der Waals surface area contributed by atoms with Crippen LogP contribution in [0.25, 0.3) is 10.9 Å². The molecule has 0 spiro atoms. The number of rotatable bonds is 8. The number of urea groups is 1. The van der Waals surface area contributed by atoms with Crippen molar-refractivity contribution in [3.8, 4) is 0 Å². The summed E-state index contributed by atoms with van der Waals surface area (Å²) in [5.74, 6) is 0.824. The monoisotopic (exact) mass is 522 g/mol. The highest BCUT2D eigenvalue weighted by Crippen LogP contribution is 2.24. The molecular weight excluding hydrogens is 490 g/mol. The fraction of sp³-hybridized carbons (Fsp3) is 0.385. The number of esters is 1. The van der Waals surface area contributed by atoms with E-state index in [1.165, 1.54) is 19.2 Å². The molecule has 1 atom stereocenters. The number of anilines is 3. The van der Waals surface area contributed by atoms with Crippen molar-refractivity contribution < 1.29 is 19.5 Å². The van der Waals surface area contributed by atoms with Gasteiger partial charge in [-0.15, -0.1) is 0 Å². The van der Waals surface area contributed by atoms with Crippen molar-refractivity contribution in [1.82, 2.24) is 19.8 Å². The zero-order chi connectivity index (χ0) is 27.2. The Morgan fingerprint density at radius 2 is 1.84 bits per heavy atom. The number of carbonyl (C=O) groups excluding carboxylic acids is 2. The highest BCUT2D eigenvalue weighted by molar-refractivity contribution is 5.91. The number of nitrogens with zero attached hydrogens (tertiary/aromatic N) is 5. The van der Waals surface area contributed by atoms with Crippen LogP contribution in [0, 0.1) is 11.1 Å². The average Bonchev–Trinajstić information content (AvgIpc) is 2.91. The molecule has 2 amide bonds. The minimum Gasteiger partial charge on any atom is -0.733 e. The summed E-state index contributed by atoms with van der Waals surface area (Å²) in [6, 6.07) is 12.9. The second kappa shape index (κ2) is 12.0. The van der Waals surface area contributed by atoms with E-state index in [1.807, 2.05) is 38.1 Å². The number of methoxy groups -OCH3 is 1. The number of fused-ring (bicyclic) bond motifs is 1. The molecule has 1 aromatic heterocycles. The van der Waals surface area contributed by atoms with Crippen LogP contribution >= 0.6 is 0 Å². The number of amides is 2. The third kappa shape index (κ3) is 6.46. The predicted octanol–water partition coefficient (Wildman–Crippen LogP) is 3.28. The summed E-state index contributed by atoms with van der Waals surface area (Å²) in [5, 5.41) is 26.8. The first kappa shape index (κ1) is 27.0. The molecule has 1 fully saturated rings. The molecule has 1 aliphatic rings. The van der Waals surface area contributed by atoms with Gasteiger partial charge in [-0.3, -0.25) is 10.1 Å². The Balaban J connectivity index is 1.42. The number of aromatic nitrogens is 2. The van der Waals surface area contributed by atoms with E-state index >= 15 is 0 Å². The molecule has 0 bridgehead atoms. The summed E-state index contributed by atoms with van der Waals surface area (Å²) < 4.78 is 4.98. The van der Waals surface area contributed by atoms with Gasteiger partial charge in [-0.25, -0.2) is 19.6 Å². The molecule has 2 heterocycles. The van der Waals surface area contributed by atoms with Gasteiger partial charge >= 0.3 is 12.0 Å². The van der Waals surface area contributed by atoms with Gasteiger partial charge in [-0.1, -0.05) is 32.0 Å². The first-order valence-corrected chi connectivity index (χ1v) is 12.4. The van der Waals surface area contributed by atoms with E-state index in [4.69, 9.17) is 19.9 Å². The van der Waals surface area contributed by atoms with Crippen molar-refractivity contribution in [1.29, 1.82) is 0 Å². The van der Waals surface area contributed by atoms with Crippen LogP contribution in [0.1, 0.15) is 19.7 Å². The summed E-state index contributed by atoms with van der Waals surface area (Å²) >= 11 is 0. The van der Waals surface area contributed by atoms with Gasteiger partial charge in [0.05, 0.1) is 24.9 Å². The lowest BCUT2D eigenvalue weighted by Crippen LogP contribution is -2.49. The van der Waals surface area contributed by atoms with Crippen molar-refractivity contribution in [2.45, 2.75) is 26.4 Å². The molecule has 38 heavy (non-hydrogen) atoms. The first-order valence-electron chi connectivity index (χ1n) is 12.4. The van der Waals surface area contributed by atoms with Crippen LogP contribution in [0.15, 0.2) is 48.5 Å². The highest BCUT2D eigenvalue weighted by atomic mass is 16.8. The third-order valence-electron chi connectivity index (χ3n) is 6.41. The van der Waals surface area contributed by atoms with Gasteiger partial charge in [-0.05, 0) is 36.2 Å². The predicted molar refractivity (Wildman–Crippen MR) is 144 cm³/mol. The topological polar surface area (TPSA) is 146 Å². The van der Waals surface area contributed by atoms with Crippen molar-refractivity contribution in [3.05, 3.63) is 59.6 Å². The number of piperazine rings is 1. The van der Waals surface area contributed by atoms with Gasteiger partial charge in [0.15, 0.2) is 0 Å². The van der Waals surface area contributed by atoms with Crippen LogP contribution in [0.5, 0.6) is 0 Å². The minimum absolute atomic E-state index is 0.00999. The summed E-state index contributed by atoms with van der Waals surface area (Å²) in [7, 11) is 1.37. The Kier molecular flexibility index (Phi) is 8.56. The quantitative estimate of drug-likeness (QED) is 0.297. The number of benzene rings is 2. The second-order valence-corrected chi connectivity index (χ2v) is 9.41. The molecule has 3 aromatic rings. The number of ether oxygens (including phenoxy) is 1. The first-order chi connectivity index (χ1) is 18.2. The third-order valence-corrected chi connectivity index (χ3v) is 6.41. The number of hydrogen-bond acceptors (Lipinski definition) is 10. The maximum atomic E-state index is 12.7. The molecule has 0 aliphatic carbocycles. The van der Waals surface area contributed by atoms with Crippen LogP contribution in [-0.2, 0) is 16.1 Å². The van der Waals surface area contributed by atoms with E-state index in [-0.39, 0.29) is 28.8 Å². The Hall–Kier alpha value is -4.00. The molecule has 12 heteroatoms. The number of para-hydroxylation sites is 1. The highest BCUT2D eigenvalue weighted by Gasteiger charge is 2.26. The summed E-state index contributed by atoms with van der Waals surface area (Å²) in [5.41, 5.74) is 1.22. The normalized spacial score (nSPS) is 14.8. The van der Waals surface area contributed by atoms with E-state index in [0.29, 0.717) is 50.1 Å². The Morgan fingerprint density at radius 3 is 2.53 bits per heavy atom. The fourth-order valence-corrected chi connectivity index (χ4v) is 4.29. The Labute approximate surface area is 220 Å². The maximum absolute atomic E-state index is 12.7. The average molecular weight is 523 g/mol. The molecule has 4 rings (SSSR count). The van der Waals surface area contributed by atoms with E-state index < -0.39 is 6.04 Å². The van der Waals surface area contributed by atoms with Gasteiger partial charge < -0.3 is 30.7 Å². The van der Waals surface area contributed by atoms with Gasteiger partial charge in [-0.2, -0.15) is 0 Å². The number of nitrogens with one attached hydrogen (secondary N) is 2. The molecule has 3 N–H and O–H groups in total. The molecule has 1 saturated heterocycles. The summed E-state index contributed by atoms with van der Waals surface area (Å²) in [6.07, 6.45) is 0. The SMILES string of the molecule is COC(=O)[C@@H](Nc1nc(CN2CCN(C(=O)Nc3cccc(N([O-])O)c3)CC2)nc2ccccc12)C(C)C. The molecule has 0 radical (unpaired) electrons. The van der Waals surface area contributed by atoms with Gasteiger partial charge in [0.2, 0.25) is 0 Å². The molecule has 202 valence electrons.